The van der Waals surface area contributed by atoms with Crippen LogP contribution in [0, 0.1) is 0 Å². The standard InChI is InChI=1S/C9H22B2O2S/c1-8(13-10-11(4)5)6-12-9(2,3)7-14/h8,10,14H,6-7H2,1-5H3. The molecule has 0 radical (unpaired) electrons. The van der Waals surface area contributed by atoms with Crippen LogP contribution in [0.25, 0.3) is 0 Å². The van der Waals surface area contributed by atoms with Crippen molar-refractivity contribution < 1.29 is 9.39 Å². The molecule has 0 heterocycles. The topological polar surface area (TPSA) is 18.5 Å². The minimum Gasteiger partial charge on any atom is -0.444 e. The molecule has 14 heavy (non-hydrogen) atoms. The lowest BCUT2D eigenvalue weighted by atomic mass is 9.32. The molecule has 0 saturated carbocycles. The van der Waals surface area contributed by atoms with E-state index in [1.165, 1.54) is 0 Å². The van der Waals surface area contributed by atoms with Crippen LogP contribution in [0.4, 0.5) is 0 Å². The Morgan fingerprint density at radius 1 is 1.43 bits per heavy atom. The normalized spacial score (nSPS) is 13.9. The largest absolute Gasteiger partial charge is 0.444 e. The molecular formula is C9H22B2O2S. The van der Waals surface area contributed by atoms with Crippen molar-refractivity contribution in [3.63, 3.8) is 0 Å². The van der Waals surface area contributed by atoms with E-state index in [-0.39, 0.29) is 11.7 Å². The molecule has 0 spiro atoms. The average Bonchev–Trinajstić information content (AvgIpc) is 2.11. The second kappa shape index (κ2) is 6.81. The maximum absolute atomic E-state index is 5.67. The zero-order valence-corrected chi connectivity index (χ0v) is 10.9. The fourth-order valence-electron chi connectivity index (χ4n) is 0.793. The van der Waals surface area contributed by atoms with Crippen LogP contribution in [0.1, 0.15) is 20.8 Å². The van der Waals surface area contributed by atoms with Crippen LogP contribution >= 0.6 is 12.6 Å². The predicted molar refractivity (Wildman–Crippen MR) is 69.1 cm³/mol. The molecule has 0 aromatic heterocycles. The molecule has 5 heteroatoms. The van der Waals surface area contributed by atoms with Crippen LogP contribution in [0.3, 0.4) is 0 Å². The minimum absolute atomic E-state index is 0.154. The Labute approximate surface area is 94.9 Å². The third kappa shape index (κ3) is 7.77. The lowest BCUT2D eigenvalue weighted by Gasteiger charge is -2.25. The highest BCUT2D eigenvalue weighted by Gasteiger charge is 2.17. The van der Waals surface area contributed by atoms with Gasteiger partial charge in [0.05, 0.1) is 18.3 Å². The van der Waals surface area contributed by atoms with Gasteiger partial charge in [-0.2, -0.15) is 12.6 Å². The average molecular weight is 216 g/mol. The molecule has 0 aliphatic heterocycles. The zero-order valence-electron chi connectivity index (χ0n) is 10.0. The van der Waals surface area contributed by atoms with E-state index in [1.54, 1.807) is 0 Å². The van der Waals surface area contributed by atoms with Gasteiger partial charge in [0.2, 0.25) is 7.37 Å². The number of hydrogen-bond donors (Lipinski definition) is 1. The minimum atomic E-state index is -0.154. The summed E-state index contributed by atoms with van der Waals surface area (Å²) in [6.07, 6.45) is 0.163. The van der Waals surface area contributed by atoms with E-state index in [0.29, 0.717) is 13.2 Å². The first kappa shape index (κ1) is 14.4. The maximum atomic E-state index is 5.67. The number of thiol groups is 1. The lowest BCUT2D eigenvalue weighted by Crippen LogP contribution is -2.32. The highest BCUT2D eigenvalue weighted by Crippen LogP contribution is 2.11. The summed E-state index contributed by atoms with van der Waals surface area (Å²) in [5.41, 5.74) is -0.154. The molecule has 0 amide bonds. The maximum Gasteiger partial charge on any atom is 0.239 e. The molecule has 0 aliphatic rings. The molecule has 0 aromatic carbocycles. The SMILES string of the molecule is CB(C)BOC(C)COC(C)(C)CS. The highest BCUT2D eigenvalue weighted by atomic mass is 32.1. The summed E-state index contributed by atoms with van der Waals surface area (Å²) in [5.74, 6) is 0.726. The summed E-state index contributed by atoms with van der Waals surface area (Å²) < 4.78 is 11.3. The first-order valence-electron chi connectivity index (χ1n) is 5.24. The summed E-state index contributed by atoms with van der Waals surface area (Å²) in [5, 5.41) is 0. The Bertz CT molecular complexity index is 154. The molecule has 2 nitrogen and oxygen atoms in total. The van der Waals surface area contributed by atoms with E-state index in [4.69, 9.17) is 9.39 Å². The number of rotatable bonds is 7. The van der Waals surface area contributed by atoms with Crippen LogP contribution in [0.5, 0.6) is 0 Å². The van der Waals surface area contributed by atoms with Gasteiger partial charge >= 0.3 is 0 Å². The Hall–Kier alpha value is 0.400. The number of ether oxygens (including phenoxy) is 1. The zero-order chi connectivity index (χ0) is 11.2. The predicted octanol–water partition coefficient (Wildman–Crippen LogP) is 1.72. The van der Waals surface area contributed by atoms with Gasteiger partial charge in [0.25, 0.3) is 0 Å². The lowest BCUT2D eigenvalue weighted by molar-refractivity contribution is -0.0333. The van der Waals surface area contributed by atoms with Gasteiger partial charge in [-0.1, -0.05) is 13.6 Å². The van der Waals surface area contributed by atoms with Gasteiger partial charge in [0, 0.05) is 5.75 Å². The fraction of sp³-hybridized carbons (Fsp3) is 1.00. The van der Waals surface area contributed by atoms with Crippen molar-refractivity contribution in [2.24, 2.45) is 0 Å². The van der Waals surface area contributed by atoms with Crippen LogP contribution < -0.4 is 0 Å². The van der Waals surface area contributed by atoms with Crippen molar-refractivity contribution in [3.8, 4) is 0 Å². The molecule has 1 atom stereocenters. The smallest absolute Gasteiger partial charge is 0.239 e. The van der Waals surface area contributed by atoms with Crippen molar-refractivity contribution >= 4 is 26.6 Å². The van der Waals surface area contributed by atoms with Gasteiger partial charge < -0.3 is 9.39 Å². The van der Waals surface area contributed by atoms with Crippen LogP contribution in [0.15, 0.2) is 0 Å². The monoisotopic (exact) mass is 216 g/mol. The molecule has 0 rings (SSSR count). The van der Waals surface area contributed by atoms with E-state index in [0.717, 1.165) is 13.1 Å². The summed E-state index contributed by atoms with van der Waals surface area (Å²) >= 11 is 4.22. The highest BCUT2D eigenvalue weighted by molar-refractivity contribution is 7.80. The van der Waals surface area contributed by atoms with Gasteiger partial charge in [0.15, 0.2) is 0 Å². The summed E-state index contributed by atoms with van der Waals surface area (Å²) in [7, 11) is 0.797. The van der Waals surface area contributed by atoms with E-state index in [1.807, 2.05) is 20.8 Å². The molecule has 0 N–H and O–H groups in total. The van der Waals surface area contributed by atoms with Gasteiger partial charge in [0.1, 0.15) is 6.60 Å². The first-order chi connectivity index (χ1) is 6.37. The van der Waals surface area contributed by atoms with Gasteiger partial charge in [-0.05, 0) is 20.8 Å². The molecular weight excluding hydrogens is 194 g/mol. The van der Waals surface area contributed by atoms with Crippen LogP contribution in [-0.2, 0) is 9.39 Å². The Balaban J connectivity index is 3.58. The van der Waals surface area contributed by atoms with E-state index < -0.39 is 0 Å². The molecule has 0 aliphatic carbocycles. The van der Waals surface area contributed by atoms with E-state index in [2.05, 4.69) is 26.3 Å². The molecule has 0 saturated heterocycles. The summed E-state index contributed by atoms with van der Waals surface area (Å²) in [4.78, 5) is 0. The fourth-order valence-corrected chi connectivity index (χ4v) is 0.885. The van der Waals surface area contributed by atoms with Gasteiger partial charge in [-0.3, -0.25) is 0 Å². The van der Waals surface area contributed by atoms with Crippen molar-refractivity contribution in [1.29, 1.82) is 0 Å². The summed E-state index contributed by atoms with van der Waals surface area (Å²) in [6.45, 7) is 11.6. The molecule has 82 valence electrons. The quantitative estimate of drug-likeness (QED) is 0.515. The second-order valence-corrected chi connectivity index (χ2v) is 5.08. The first-order valence-corrected chi connectivity index (χ1v) is 5.87. The Morgan fingerprint density at radius 2 is 2.00 bits per heavy atom. The van der Waals surface area contributed by atoms with Crippen molar-refractivity contribution in [3.05, 3.63) is 0 Å². The molecule has 0 fully saturated rings. The van der Waals surface area contributed by atoms with Gasteiger partial charge in [-0.15, -0.1) is 0 Å². The Morgan fingerprint density at radius 3 is 2.43 bits per heavy atom. The Kier molecular flexibility index (Phi) is 7.00. The van der Waals surface area contributed by atoms with Crippen molar-refractivity contribution in [2.45, 2.75) is 46.1 Å². The molecule has 0 aromatic rings. The second-order valence-electron chi connectivity index (χ2n) is 4.77. The molecule has 1 unspecified atom stereocenters. The summed E-state index contributed by atoms with van der Waals surface area (Å²) in [6, 6.07) is 0. The third-order valence-corrected chi connectivity index (χ3v) is 2.57. The van der Waals surface area contributed by atoms with E-state index >= 15 is 0 Å². The van der Waals surface area contributed by atoms with Crippen molar-refractivity contribution in [2.75, 3.05) is 12.4 Å². The van der Waals surface area contributed by atoms with E-state index in [9.17, 15) is 0 Å². The van der Waals surface area contributed by atoms with Crippen molar-refractivity contribution in [1.82, 2.24) is 0 Å². The number of hydrogen-bond acceptors (Lipinski definition) is 3. The third-order valence-electron chi connectivity index (χ3n) is 1.80. The van der Waals surface area contributed by atoms with Crippen LogP contribution in [0.2, 0.25) is 13.6 Å². The van der Waals surface area contributed by atoms with Gasteiger partial charge in [-0.25, -0.2) is 0 Å². The molecule has 0 bridgehead atoms. The van der Waals surface area contributed by atoms with Crippen LogP contribution in [-0.4, -0.2) is 38.0 Å².